The van der Waals surface area contributed by atoms with Crippen LogP contribution in [0.1, 0.15) is 99.4 Å². The number of carboxylic acid groups (broad SMARTS) is 1. The summed E-state index contributed by atoms with van der Waals surface area (Å²) < 4.78 is 21.8. The second-order valence-electron chi connectivity index (χ2n) is 23.8. The molecular weight excluding hydrogens is 1460 g/mol. The minimum Gasteiger partial charge on any atom is -0.870 e. The van der Waals surface area contributed by atoms with Gasteiger partial charge in [0.05, 0.1) is 90.7 Å². The summed E-state index contributed by atoms with van der Waals surface area (Å²) in [4.78, 5) is 71.3. The van der Waals surface area contributed by atoms with Crippen molar-refractivity contribution < 1.29 is 72.9 Å². The van der Waals surface area contributed by atoms with Crippen LogP contribution in [0.15, 0.2) is 156 Å². The summed E-state index contributed by atoms with van der Waals surface area (Å²) in [5.74, 6) is -1.26. The zero-order chi connectivity index (χ0) is 70.6. The van der Waals surface area contributed by atoms with E-state index in [1.54, 1.807) is 102 Å². The quantitative estimate of drug-likeness (QED) is 0.0311. The van der Waals surface area contributed by atoms with Gasteiger partial charge in [-0.2, -0.15) is 10.5 Å². The van der Waals surface area contributed by atoms with Crippen LogP contribution in [0.2, 0.25) is 0 Å². The minimum atomic E-state index is -1.45. The van der Waals surface area contributed by atoms with Crippen molar-refractivity contribution in [3.05, 3.63) is 198 Å². The third-order valence-corrected chi connectivity index (χ3v) is 21.3. The molecule has 8 aromatic heterocycles. The molecule has 26 heteroatoms. The number of halogens is 2. The first kappa shape index (κ1) is 81.6. The Kier molecular flexibility index (Phi) is 31.3. The Morgan fingerprint density at radius 3 is 1.24 bits per heavy atom. The molecule has 506 valence electrons. The third kappa shape index (κ3) is 22.7. The largest absolute Gasteiger partial charge is 1.00 e. The van der Waals surface area contributed by atoms with Gasteiger partial charge in [0.15, 0.2) is 5.69 Å². The van der Waals surface area contributed by atoms with Crippen molar-refractivity contribution in [2.75, 3.05) is 19.8 Å². The van der Waals surface area contributed by atoms with Gasteiger partial charge in [-0.1, -0.05) is 48.5 Å². The number of esters is 3. The first-order valence-electron chi connectivity index (χ1n) is 30.6. The molecule has 0 aliphatic carbocycles. The summed E-state index contributed by atoms with van der Waals surface area (Å²) in [7, 11) is -1.45. The van der Waals surface area contributed by atoms with Gasteiger partial charge in [0.1, 0.15) is 0 Å². The summed E-state index contributed by atoms with van der Waals surface area (Å²) in [6, 6.07) is 33.6. The second kappa shape index (κ2) is 37.9. The molecule has 0 aliphatic heterocycles. The summed E-state index contributed by atoms with van der Waals surface area (Å²) >= 11 is 13.6. The molecule has 0 amide bonds. The van der Waals surface area contributed by atoms with E-state index in [0.717, 1.165) is 78.3 Å². The number of carboxylic acids is 1. The zero-order valence-electron chi connectivity index (χ0n) is 56.3. The van der Waals surface area contributed by atoms with E-state index in [2.05, 4.69) is 87.0 Å². The number of hydrogen-bond acceptors (Lipinski definition) is 20. The summed E-state index contributed by atoms with van der Waals surface area (Å²) in [5.41, 5.74) is 4.34. The van der Waals surface area contributed by atoms with E-state index in [4.69, 9.17) is 41.4 Å². The molecule has 0 saturated heterocycles. The van der Waals surface area contributed by atoms with E-state index < -0.39 is 29.3 Å². The van der Waals surface area contributed by atoms with Gasteiger partial charge in [-0.15, -0.1) is 45.3 Å². The maximum absolute atomic E-state index is 12.2. The third-order valence-electron chi connectivity index (χ3n) is 14.7. The Balaban J connectivity index is 0.000000227. The molecule has 0 saturated carbocycles. The van der Waals surface area contributed by atoms with Crippen LogP contribution in [0, 0.1) is 45.5 Å². The van der Waals surface area contributed by atoms with Crippen LogP contribution in [0.4, 0.5) is 5.69 Å². The SMILES string of the molecule is CC(C)(Cc1cc2cncc(-c3ccc(C#N)cc3)c2s1)C(=O)O.CCOC(=O)C(C)(C)Cc1cc2cncc(-c3ccc(C#N)cc3)c2s1.CCOC(=O)C(C)(C)Cc1cc2cncc(Br)c2s1.CCOC(=O)CCc1cc2cncc(Br)c2s1.[C-]#[N+]c1ccc(B(O)O)cc1.[Li+].[OH-]. The zero-order valence-corrected chi connectivity index (χ0v) is 62.7. The van der Waals surface area contributed by atoms with Crippen molar-refractivity contribution in [2.45, 2.75) is 94.4 Å². The van der Waals surface area contributed by atoms with Crippen molar-refractivity contribution in [1.29, 1.82) is 10.5 Å². The van der Waals surface area contributed by atoms with Crippen LogP contribution >= 0.6 is 77.2 Å². The van der Waals surface area contributed by atoms with E-state index in [1.165, 1.54) is 31.3 Å². The Morgan fingerprint density at radius 2 is 0.889 bits per heavy atom. The fourth-order valence-corrected chi connectivity index (χ4v) is 15.9. The summed E-state index contributed by atoms with van der Waals surface area (Å²) in [5, 5.41) is 48.8. The van der Waals surface area contributed by atoms with Crippen molar-refractivity contribution in [1.82, 2.24) is 19.9 Å². The molecular formula is C73H71BBr2LiN7O11S4. The molecule has 18 nitrogen and oxygen atoms in total. The maximum Gasteiger partial charge on any atom is 1.00 e. The standard InChI is InChI=1S/C21H20N2O2S.C19H16N2O2S.C14H16BrNO2S.C12H12BrNO2S.C7H6BNO2.Li.H2O/c1-4-25-20(24)21(2,3)10-17-9-16-12-23-13-18(19(16)26-17)15-7-5-14(11-22)6-8-15;1-19(2,18(22)23)8-15-7-14-10-21-11-16(17(14)24-15)13-5-3-12(9-20)4-6-13;1-4-18-13(17)14(2,3)6-10-5-9-7-16-8-11(15)12(9)19-10;1-2-16-11(15)4-3-9-5-8-6-14-7-10(13)12(8)17-9;1-9-7-4-2-6(3-5-7)8(10)11;;/h5-9,12-13H,4,10H2,1-3H3;3-7,10-11H,8H2,1-2H3,(H,22,23);5,7-8H,4,6H2,1-3H3;5-7H,2-4H2,1H3;2-5,10-11H;;1H2/q;;;;;+1;/p-1. The van der Waals surface area contributed by atoms with Crippen molar-refractivity contribution in [3.63, 3.8) is 0 Å². The Morgan fingerprint density at radius 1 is 0.535 bits per heavy atom. The molecule has 0 aliphatic rings. The van der Waals surface area contributed by atoms with Gasteiger partial charge in [-0.25, -0.2) is 4.85 Å². The van der Waals surface area contributed by atoms with Crippen molar-refractivity contribution >= 4 is 160 Å². The normalized spacial score (nSPS) is 10.8. The number of fused-ring (bicyclic) bond motifs is 4. The molecule has 11 aromatic rings. The number of hydrogen-bond donors (Lipinski definition) is 3. The number of thiophene rings is 4. The Hall–Kier alpha value is -8.05. The first-order chi connectivity index (χ1) is 46.2. The number of benzene rings is 3. The van der Waals surface area contributed by atoms with Gasteiger partial charge >= 0.3 is 49.9 Å². The molecule has 0 unspecified atom stereocenters. The first-order valence-corrected chi connectivity index (χ1v) is 35.4. The molecule has 0 bridgehead atoms. The van der Waals surface area contributed by atoms with E-state index in [1.807, 2.05) is 122 Å². The topological polar surface area (TPSA) is 290 Å². The van der Waals surface area contributed by atoms with E-state index in [9.17, 15) is 24.3 Å². The monoisotopic (exact) mass is 1530 g/mol. The van der Waals surface area contributed by atoms with Crippen LogP contribution in [-0.2, 0) is 59.1 Å². The Labute approximate surface area is 620 Å². The van der Waals surface area contributed by atoms with Gasteiger partial charge in [0.2, 0.25) is 0 Å². The number of nitrogens with zero attached hydrogens (tertiary/aromatic N) is 7. The number of nitriles is 2. The van der Waals surface area contributed by atoms with Crippen LogP contribution in [0.3, 0.4) is 0 Å². The molecule has 4 N–H and O–H groups in total. The molecule has 0 atom stereocenters. The van der Waals surface area contributed by atoms with E-state index in [-0.39, 0.29) is 42.2 Å². The number of carbonyl (C=O) groups is 4. The van der Waals surface area contributed by atoms with Crippen LogP contribution in [0.5, 0.6) is 0 Å². The van der Waals surface area contributed by atoms with Gasteiger partial charge in [-0.3, -0.25) is 39.1 Å². The summed E-state index contributed by atoms with van der Waals surface area (Å²) in [6.45, 7) is 24.5. The van der Waals surface area contributed by atoms with Crippen molar-refractivity contribution in [2.24, 2.45) is 16.2 Å². The number of ether oxygens (including phenoxy) is 3. The fourth-order valence-electron chi connectivity index (χ4n) is 9.60. The number of rotatable bonds is 18. The molecule has 99 heavy (non-hydrogen) atoms. The van der Waals surface area contributed by atoms with Gasteiger partial charge in [0, 0.05) is 111 Å². The fraction of sp³-hybridized carbons (Fsp3) is 0.274. The number of aromatic nitrogens is 4. The maximum atomic E-state index is 12.2. The molecule has 0 radical (unpaired) electrons. The smallest absolute Gasteiger partial charge is 0.870 e. The van der Waals surface area contributed by atoms with Gasteiger partial charge in [-0.05, 0) is 185 Å². The van der Waals surface area contributed by atoms with Crippen LogP contribution in [-0.4, -0.2) is 91.4 Å². The van der Waals surface area contributed by atoms with Crippen LogP contribution < -0.4 is 24.3 Å². The summed E-state index contributed by atoms with van der Waals surface area (Å²) in [6.07, 6.45) is 17.5. The van der Waals surface area contributed by atoms with Gasteiger partial charge in [0.25, 0.3) is 0 Å². The number of aliphatic carboxylic acids is 1. The van der Waals surface area contributed by atoms with Gasteiger partial charge < -0.3 is 34.8 Å². The molecule has 11 rings (SSSR count). The van der Waals surface area contributed by atoms with Crippen LogP contribution in [0.25, 0.3) is 67.4 Å². The predicted molar refractivity (Wildman–Crippen MR) is 397 cm³/mol. The molecule has 3 aromatic carbocycles. The number of aryl methyl sites for hydroxylation is 1. The van der Waals surface area contributed by atoms with E-state index in [0.29, 0.717) is 67.8 Å². The number of carbonyl (C=O) groups excluding carboxylic acids is 3. The van der Waals surface area contributed by atoms with E-state index >= 15 is 0 Å². The molecule has 0 spiro atoms. The molecule has 0 fully saturated rings. The number of pyridine rings is 4. The predicted octanol–water partition coefficient (Wildman–Crippen LogP) is 13.9. The average molecular weight is 1530 g/mol. The second-order valence-corrected chi connectivity index (χ2v) is 30.1. The molecule has 8 heterocycles. The Bertz CT molecular complexity index is 4690. The average Bonchev–Trinajstić information content (AvgIpc) is 1.68. The minimum absolute atomic E-state index is 0. The van der Waals surface area contributed by atoms with Crippen molar-refractivity contribution in [3.8, 4) is 34.4 Å².